The number of para-hydroxylation sites is 1. The molecule has 3 aromatic rings. The molecule has 1 aromatic heterocycles. The first-order chi connectivity index (χ1) is 19.6. The van der Waals surface area contributed by atoms with Gasteiger partial charge in [0, 0.05) is 18.3 Å². The van der Waals surface area contributed by atoms with Crippen molar-refractivity contribution >= 4 is 27.6 Å². The Morgan fingerprint density at radius 2 is 1.68 bits per heavy atom. The topological polar surface area (TPSA) is 126 Å². The first kappa shape index (κ1) is 28.4. The Morgan fingerprint density at radius 1 is 1.00 bits per heavy atom. The number of carbonyl (C=O) groups is 3. The fraction of sp³-hybridized carbons (Fsp3) is 0.333. The van der Waals surface area contributed by atoms with Crippen LogP contribution in [0, 0.1) is 5.92 Å². The third-order valence-electron chi connectivity index (χ3n) is 7.28. The number of ketones is 1. The third kappa shape index (κ3) is 6.01. The van der Waals surface area contributed by atoms with E-state index in [1.54, 1.807) is 36.4 Å². The Hall–Kier alpha value is -4.09. The number of likely N-dealkylation sites (tertiary alicyclic amines) is 1. The van der Waals surface area contributed by atoms with Gasteiger partial charge in [-0.1, -0.05) is 38.1 Å². The quantitative estimate of drug-likeness (QED) is 0.414. The summed E-state index contributed by atoms with van der Waals surface area (Å²) >= 11 is 0. The average molecular weight is 577 g/mol. The summed E-state index contributed by atoms with van der Waals surface area (Å²) in [6.45, 7) is 3.77. The van der Waals surface area contributed by atoms with Crippen molar-refractivity contribution in [2.24, 2.45) is 5.92 Å². The van der Waals surface area contributed by atoms with Crippen molar-refractivity contribution in [3.05, 3.63) is 84.6 Å². The normalized spacial score (nSPS) is 19.7. The Labute approximate surface area is 239 Å². The predicted octanol–water partition coefficient (Wildman–Crippen LogP) is 3.26. The number of sulfonamides is 1. The highest BCUT2D eigenvalue weighted by atomic mass is 32.2. The molecule has 1 N–H and O–H groups in total. The van der Waals surface area contributed by atoms with Crippen LogP contribution in [-0.2, 0) is 19.6 Å². The molecule has 2 saturated heterocycles. The summed E-state index contributed by atoms with van der Waals surface area (Å²) in [5, 5.41) is 2.71. The molecule has 3 heterocycles. The lowest BCUT2D eigenvalue weighted by Crippen LogP contribution is -2.53. The van der Waals surface area contributed by atoms with Gasteiger partial charge >= 0.3 is 0 Å². The predicted molar refractivity (Wildman–Crippen MR) is 151 cm³/mol. The molecule has 2 aliphatic rings. The minimum absolute atomic E-state index is 0.0737. The van der Waals surface area contributed by atoms with E-state index in [1.807, 2.05) is 44.2 Å². The van der Waals surface area contributed by atoms with Crippen molar-refractivity contribution in [2.75, 3.05) is 13.1 Å². The molecule has 0 aliphatic carbocycles. The van der Waals surface area contributed by atoms with Crippen LogP contribution in [0.3, 0.4) is 0 Å². The van der Waals surface area contributed by atoms with Crippen LogP contribution < -0.4 is 10.1 Å². The zero-order chi connectivity index (χ0) is 29.1. The fourth-order valence-corrected chi connectivity index (χ4v) is 6.95. The van der Waals surface area contributed by atoms with E-state index in [9.17, 15) is 22.8 Å². The van der Waals surface area contributed by atoms with Crippen molar-refractivity contribution in [3.63, 3.8) is 0 Å². The lowest BCUT2D eigenvalue weighted by atomic mass is 10.0. The van der Waals surface area contributed by atoms with Crippen molar-refractivity contribution in [1.29, 1.82) is 0 Å². The van der Waals surface area contributed by atoms with E-state index in [0.29, 0.717) is 29.9 Å². The molecule has 2 aliphatic heterocycles. The number of rotatable bonds is 9. The minimum Gasteiger partial charge on any atom is -0.457 e. The van der Waals surface area contributed by atoms with E-state index < -0.39 is 40.0 Å². The molecule has 5 rings (SSSR count). The highest BCUT2D eigenvalue weighted by Gasteiger charge is 2.54. The molecule has 2 amide bonds. The van der Waals surface area contributed by atoms with Crippen LogP contribution in [0.25, 0.3) is 0 Å². The van der Waals surface area contributed by atoms with Gasteiger partial charge in [-0.05, 0) is 67.3 Å². The van der Waals surface area contributed by atoms with Gasteiger partial charge in [-0.15, -0.1) is 0 Å². The van der Waals surface area contributed by atoms with E-state index in [2.05, 4.69) is 10.3 Å². The number of nitrogens with zero attached hydrogens (tertiary/aromatic N) is 3. The zero-order valence-electron chi connectivity index (χ0n) is 22.8. The highest BCUT2D eigenvalue weighted by molar-refractivity contribution is 7.89. The van der Waals surface area contributed by atoms with Gasteiger partial charge in [0.2, 0.25) is 5.91 Å². The summed E-state index contributed by atoms with van der Waals surface area (Å²) < 4.78 is 33.4. The maximum Gasteiger partial charge on any atom is 0.261 e. The fourth-order valence-electron chi connectivity index (χ4n) is 5.39. The van der Waals surface area contributed by atoms with Crippen LogP contribution in [0.2, 0.25) is 0 Å². The van der Waals surface area contributed by atoms with Crippen molar-refractivity contribution in [1.82, 2.24) is 19.5 Å². The van der Waals surface area contributed by atoms with Gasteiger partial charge in [0.05, 0.1) is 12.6 Å². The number of carbonyl (C=O) groups excluding carboxylic acids is 3. The van der Waals surface area contributed by atoms with Gasteiger partial charge in [-0.25, -0.2) is 13.4 Å². The minimum atomic E-state index is -4.01. The Bertz CT molecular complexity index is 1510. The van der Waals surface area contributed by atoms with Gasteiger partial charge < -0.3 is 15.0 Å². The molecule has 11 heteroatoms. The van der Waals surface area contributed by atoms with E-state index in [1.165, 1.54) is 17.2 Å². The van der Waals surface area contributed by atoms with Crippen molar-refractivity contribution < 1.29 is 27.5 Å². The van der Waals surface area contributed by atoms with Gasteiger partial charge in [0.15, 0.2) is 10.8 Å². The van der Waals surface area contributed by atoms with E-state index >= 15 is 0 Å². The number of ether oxygens (including phenoxy) is 1. The molecular weight excluding hydrogens is 544 g/mol. The van der Waals surface area contributed by atoms with Crippen LogP contribution in [0.4, 0.5) is 0 Å². The Kier molecular flexibility index (Phi) is 8.18. The lowest BCUT2D eigenvalue weighted by Gasteiger charge is -2.29. The van der Waals surface area contributed by atoms with Gasteiger partial charge in [-0.2, -0.15) is 4.31 Å². The number of nitrogens with one attached hydrogen (secondary N) is 1. The smallest absolute Gasteiger partial charge is 0.261 e. The van der Waals surface area contributed by atoms with Gasteiger partial charge in [0.1, 0.15) is 23.6 Å². The number of hydrogen-bond donors (Lipinski definition) is 1. The zero-order valence-corrected chi connectivity index (χ0v) is 23.7. The van der Waals surface area contributed by atoms with Gasteiger partial charge in [-0.3, -0.25) is 14.4 Å². The largest absolute Gasteiger partial charge is 0.457 e. The summed E-state index contributed by atoms with van der Waals surface area (Å²) in [6, 6.07) is 18.0. The molecule has 3 atom stereocenters. The molecular formula is C30H32N4O6S. The molecule has 0 saturated carbocycles. The number of fused-ring (bicyclic) bond motifs is 1. The molecule has 2 aromatic carbocycles. The molecule has 10 nitrogen and oxygen atoms in total. The number of pyridine rings is 1. The summed E-state index contributed by atoms with van der Waals surface area (Å²) in [5.74, 6) is 0.144. The van der Waals surface area contributed by atoms with Crippen LogP contribution in [0.15, 0.2) is 84.0 Å². The lowest BCUT2D eigenvalue weighted by molar-refractivity contribution is -0.138. The number of hydrogen-bond acceptors (Lipinski definition) is 7. The molecule has 0 spiro atoms. The standard InChI is InChI=1S/C30H32N4O6S/c1-20(2)18-24(32-29(36)21-11-13-23(14-12-21)40-22-8-4-3-5-9-22)30(37)33-17-15-25-28(33)26(35)19-34(25)41(38,39)27-10-6-7-16-31-27/h3-14,16,20,24-25,28H,15,17-19H2,1-2H3,(H,32,36). The molecule has 0 radical (unpaired) electrons. The van der Waals surface area contributed by atoms with E-state index in [0.717, 1.165) is 4.31 Å². The monoisotopic (exact) mass is 576 g/mol. The van der Waals surface area contributed by atoms with Gasteiger partial charge in [0.25, 0.3) is 15.9 Å². The Morgan fingerprint density at radius 3 is 2.34 bits per heavy atom. The second-order valence-corrected chi connectivity index (χ2v) is 12.4. The average Bonchev–Trinajstić information content (AvgIpc) is 3.55. The molecule has 3 unspecified atom stereocenters. The van der Waals surface area contributed by atoms with Crippen LogP contribution in [0.1, 0.15) is 37.0 Å². The molecule has 0 bridgehead atoms. The van der Waals surface area contributed by atoms with Crippen LogP contribution in [0.5, 0.6) is 11.5 Å². The first-order valence-corrected chi connectivity index (χ1v) is 15.0. The molecule has 41 heavy (non-hydrogen) atoms. The maximum atomic E-state index is 13.8. The van der Waals surface area contributed by atoms with E-state index in [4.69, 9.17) is 4.74 Å². The van der Waals surface area contributed by atoms with Crippen LogP contribution >= 0.6 is 0 Å². The third-order valence-corrected chi connectivity index (χ3v) is 9.06. The second-order valence-electron chi connectivity index (χ2n) is 10.6. The van der Waals surface area contributed by atoms with E-state index in [-0.39, 0.29) is 29.8 Å². The Balaban J connectivity index is 1.29. The number of Topliss-reactive ketones (excluding diaryl/α,β-unsaturated/α-hetero) is 1. The highest BCUT2D eigenvalue weighted by Crippen LogP contribution is 2.34. The maximum absolute atomic E-state index is 13.8. The summed E-state index contributed by atoms with van der Waals surface area (Å²) in [7, 11) is -4.01. The molecule has 214 valence electrons. The number of amides is 2. The summed E-state index contributed by atoms with van der Waals surface area (Å²) in [4.78, 5) is 45.4. The summed E-state index contributed by atoms with van der Waals surface area (Å²) in [6.07, 6.45) is 2.06. The number of aromatic nitrogens is 1. The molecule has 2 fully saturated rings. The first-order valence-electron chi connectivity index (χ1n) is 13.5. The van der Waals surface area contributed by atoms with Crippen molar-refractivity contribution in [3.8, 4) is 11.5 Å². The SMILES string of the molecule is CC(C)CC(NC(=O)c1ccc(Oc2ccccc2)cc1)C(=O)N1CCC2C1C(=O)CN2S(=O)(=O)c1ccccn1. The van der Waals surface area contributed by atoms with Crippen LogP contribution in [-0.4, -0.2) is 71.4 Å². The van der Waals surface area contributed by atoms with Crippen molar-refractivity contribution in [2.45, 2.75) is 49.8 Å². The summed E-state index contributed by atoms with van der Waals surface area (Å²) in [5.41, 5.74) is 0.357. The second kappa shape index (κ2) is 11.8. The number of benzene rings is 2.